The number of hydrogen-bond acceptors (Lipinski definition) is 4. The Morgan fingerprint density at radius 3 is 2.62 bits per heavy atom. The van der Waals surface area contributed by atoms with E-state index in [1.807, 2.05) is 24.3 Å². The highest BCUT2D eigenvalue weighted by molar-refractivity contribution is 9.10. The van der Waals surface area contributed by atoms with Gasteiger partial charge in [-0.3, -0.25) is 0 Å². The quantitative estimate of drug-likeness (QED) is 0.933. The molecule has 6 heteroatoms. The van der Waals surface area contributed by atoms with Crippen molar-refractivity contribution in [3.8, 4) is 0 Å². The molecule has 0 saturated carbocycles. The van der Waals surface area contributed by atoms with Gasteiger partial charge in [0.2, 0.25) is 5.89 Å². The number of carboxylic acids is 1. The smallest absolute Gasteiger partial charge is 0.377 e. The number of nitrogens with zero attached hydrogens (tertiary/aromatic N) is 2. The van der Waals surface area contributed by atoms with E-state index in [1.165, 1.54) is 0 Å². The number of carboxylic acid groups (broad SMARTS) is 1. The number of halogens is 1. The number of carbonyl (C=O) groups is 1. The molecular formula is C10H7BrN2O3. The Morgan fingerprint density at radius 2 is 2.06 bits per heavy atom. The van der Waals surface area contributed by atoms with E-state index in [4.69, 9.17) is 9.63 Å². The standard InChI is InChI=1S/C10H7BrN2O3/c11-7-3-1-6(2-4-7)5-8-12-9(10(14)15)13-16-8/h1-4H,5H2,(H,14,15). The number of benzene rings is 1. The van der Waals surface area contributed by atoms with Gasteiger partial charge in [-0.05, 0) is 22.9 Å². The third-order valence-electron chi connectivity index (χ3n) is 1.93. The van der Waals surface area contributed by atoms with Crippen molar-refractivity contribution in [1.82, 2.24) is 10.1 Å². The van der Waals surface area contributed by atoms with Crippen LogP contribution >= 0.6 is 15.9 Å². The van der Waals surface area contributed by atoms with Crippen molar-refractivity contribution in [2.45, 2.75) is 6.42 Å². The lowest BCUT2D eigenvalue weighted by molar-refractivity contribution is 0.0680. The van der Waals surface area contributed by atoms with E-state index in [-0.39, 0.29) is 5.82 Å². The van der Waals surface area contributed by atoms with Gasteiger partial charge in [0.25, 0.3) is 5.82 Å². The molecule has 0 amide bonds. The highest BCUT2D eigenvalue weighted by atomic mass is 79.9. The minimum atomic E-state index is -1.19. The fraction of sp³-hybridized carbons (Fsp3) is 0.100. The van der Waals surface area contributed by atoms with Gasteiger partial charge in [0.1, 0.15) is 0 Å². The van der Waals surface area contributed by atoms with Gasteiger partial charge in [0.15, 0.2) is 0 Å². The minimum absolute atomic E-state index is 0.291. The number of aromatic nitrogens is 2. The second kappa shape index (κ2) is 4.44. The molecule has 0 aliphatic carbocycles. The summed E-state index contributed by atoms with van der Waals surface area (Å²) < 4.78 is 5.79. The fourth-order valence-electron chi connectivity index (χ4n) is 1.19. The SMILES string of the molecule is O=C(O)c1noc(Cc2ccc(Br)cc2)n1. The molecule has 0 saturated heterocycles. The largest absolute Gasteiger partial charge is 0.475 e. The summed E-state index contributed by atoms with van der Waals surface area (Å²) in [5.74, 6) is -1.21. The van der Waals surface area contributed by atoms with Gasteiger partial charge in [-0.15, -0.1) is 0 Å². The molecule has 0 aliphatic rings. The average Bonchev–Trinajstić information content (AvgIpc) is 2.70. The first-order valence-electron chi connectivity index (χ1n) is 4.45. The molecular weight excluding hydrogens is 276 g/mol. The van der Waals surface area contributed by atoms with Crippen LogP contribution in [0.4, 0.5) is 0 Å². The monoisotopic (exact) mass is 282 g/mol. The molecule has 0 atom stereocenters. The van der Waals surface area contributed by atoms with Crippen molar-refractivity contribution < 1.29 is 14.4 Å². The maximum Gasteiger partial charge on any atom is 0.377 e. The Kier molecular flexibility index (Phi) is 3.00. The van der Waals surface area contributed by atoms with Crippen LogP contribution < -0.4 is 0 Å². The van der Waals surface area contributed by atoms with Crippen LogP contribution in [0, 0.1) is 0 Å². The molecule has 1 heterocycles. The molecule has 16 heavy (non-hydrogen) atoms. The average molecular weight is 283 g/mol. The summed E-state index contributed by atoms with van der Waals surface area (Å²) in [4.78, 5) is 14.3. The first kappa shape index (κ1) is 10.8. The summed E-state index contributed by atoms with van der Waals surface area (Å²) in [6.45, 7) is 0. The number of rotatable bonds is 3. The third kappa shape index (κ3) is 2.46. The van der Waals surface area contributed by atoms with E-state index in [2.05, 4.69) is 26.1 Å². The summed E-state index contributed by atoms with van der Waals surface area (Å²) in [6.07, 6.45) is 0.424. The van der Waals surface area contributed by atoms with Crippen LogP contribution in [0.5, 0.6) is 0 Å². The van der Waals surface area contributed by atoms with E-state index >= 15 is 0 Å². The Balaban J connectivity index is 2.14. The Bertz CT molecular complexity index is 507. The molecule has 2 aromatic rings. The topological polar surface area (TPSA) is 76.2 Å². The number of hydrogen-bond donors (Lipinski definition) is 1. The summed E-state index contributed by atoms with van der Waals surface area (Å²) in [7, 11) is 0. The molecule has 0 bridgehead atoms. The van der Waals surface area contributed by atoms with Crippen LogP contribution in [0.1, 0.15) is 22.1 Å². The lowest BCUT2D eigenvalue weighted by Crippen LogP contribution is -1.99. The second-order valence-corrected chi connectivity index (χ2v) is 4.04. The summed E-state index contributed by atoms with van der Waals surface area (Å²) >= 11 is 3.32. The second-order valence-electron chi connectivity index (χ2n) is 3.12. The molecule has 1 aromatic heterocycles. The van der Waals surface area contributed by atoms with Gasteiger partial charge in [0.05, 0.1) is 6.42 Å². The third-order valence-corrected chi connectivity index (χ3v) is 2.46. The van der Waals surface area contributed by atoms with E-state index in [0.717, 1.165) is 10.0 Å². The van der Waals surface area contributed by atoms with Crippen molar-refractivity contribution >= 4 is 21.9 Å². The van der Waals surface area contributed by atoms with Crippen LogP contribution in [0.2, 0.25) is 0 Å². The van der Waals surface area contributed by atoms with Crippen LogP contribution in [-0.4, -0.2) is 21.2 Å². The first-order chi connectivity index (χ1) is 7.65. The van der Waals surface area contributed by atoms with Crippen LogP contribution in [0.3, 0.4) is 0 Å². The maximum absolute atomic E-state index is 10.5. The fourth-order valence-corrected chi connectivity index (χ4v) is 1.45. The van der Waals surface area contributed by atoms with E-state index in [0.29, 0.717) is 12.3 Å². The van der Waals surface area contributed by atoms with Crippen molar-refractivity contribution in [2.24, 2.45) is 0 Å². The van der Waals surface area contributed by atoms with Crippen molar-refractivity contribution in [1.29, 1.82) is 0 Å². The van der Waals surface area contributed by atoms with Gasteiger partial charge in [0, 0.05) is 4.47 Å². The molecule has 1 N–H and O–H groups in total. The molecule has 0 unspecified atom stereocenters. The minimum Gasteiger partial charge on any atom is -0.475 e. The summed E-state index contributed by atoms with van der Waals surface area (Å²) in [5.41, 5.74) is 0.976. The zero-order valence-corrected chi connectivity index (χ0v) is 9.64. The van der Waals surface area contributed by atoms with E-state index in [1.54, 1.807) is 0 Å². The van der Waals surface area contributed by atoms with Gasteiger partial charge < -0.3 is 9.63 Å². The van der Waals surface area contributed by atoms with Crippen LogP contribution in [0.15, 0.2) is 33.3 Å². The molecule has 1 aromatic carbocycles. The van der Waals surface area contributed by atoms with Crippen molar-refractivity contribution in [2.75, 3.05) is 0 Å². The Labute approximate surface area is 99.2 Å². The van der Waals surface area contributed by atoms with Crippen LogP contribution in [0.25, 0.3) is 0 Å². The van der Waals surface area contributed by atoms with Gasteiger partial charge >= 0.3 is 5.97 Å². The summed E-state index contributed by atoms with van der Waals surface area (Å²) in [5, 5.41) is 11.9. The van der Waals surface area contributed by atoms with Crippen molar-refractivity contribution in [3.05, 3.63) is 46.0 Å². The van der Waals surface area contributed by atoms with Crippen LogP contribution in [-0.2, 0) is 6.42 Å². The number of aromatic carboxylic acids is 1. The zero-order chi connectivity index (χ0) is 11.5. The lowest BCUT2D eigenvalue weighted by Gasteiger charge is -1.95. The van der Waals surface area contributed by atoms with Gasteiger partial charge in [-0.25, -0.2) is 4.79 Å². The maximum atomic E-state index is 10.5. The summed E-state index contributed by atoms with van der Waals surface area (Å²) in [6, 6.07) is 7.58. The van der Waals surface area contributed by atoms with Gasteiger partial charge in [-0.2, -0.15) is 4.98 Å². The molecule has 0 fully saturated rings. The predicted octanol–water partition coefficient (Wildman–Crippen LogP) is 2.12. The lowest BCUT2D eigenvalue weighted by atomic mass is 10.1. The van der Waals surface area contributed by atoms with E-state index in [9.17, 15) is 4.79 Å². The van der Waals surface area contributed by atoms with Gasteiger partial charge in [-0.1, -0.05) is 28.1 Å². The predicted molar refractivity (Wildman–Crippen MR) is 58.2 cm³/mol. The first-order valence-corrected chi connectivity index (χ1v) is 5.25. The zero-order valence-electron chi connectivity index (χ0n) is 8.05. The highest BCUT2D eigenvalue weighted by Gasteiger charge is 2.12. The van der Waals surface area contributed by atoms with E-state index < -0.39 is 5.97 Å². The molecule has 0 spiro atoms. The molecule has 82 valence electrons. The highest BCUT2D eigenvalue weighted by Crippen LogP contribution is 2.13. The molecule has 0 radical (unpaired) electrons. The molecule has 5 nitrogen and oxygen atoms in total. The molecule has 0 aliphatic heterocycles. The Morgan fingerprint density at radius 1 is 1.38 bits per heavy atom. The van der Waals surface area contributed by atoms with Crippen molar-refractivity contribution in [3.63, 3.8) is 0 Å². The normalized spacial score (nSPS) is 10.3. The Hall–Kier alpha value is -1.69. The molecule has 2 rings (SSSR count).